The number of halogens is 2. The van der Waals surface area contributed by atoms with E-state index in [0.717, 1.165) is 11.6 Å². The van der Waals surface area contributed by atoms with Crippen molar-refractivity contribution in [2.75, 3.05) is 6.61 Å². The molecule has 0 radical (unpaired) electrons. The summed E-state index contributed by atoms with van der Waals surface area (Å²) in [6.45, 7) is 4.35. The second-order valence-corrected chi connectivity index (χ2v) is 5.59. The summed E-state index contributed by atoms with van der Waals surface area (Å²) >= 11 is 0. The van der Waals surface area contributed by atoms with Crippen molar-refractivity contribution in [2.45, 2.75) is 5.60 Å². The molecule has 0 amide bonds. The molecule has 24 heavy (non-hydrogen) atoms. The Kier molecular flexibility index (Phi) is 3.28. The molecule has 2 aromatic heterocycles. The molecule has 0 aliphatic carbocycles. The smallest absolute Gasteiger partial charge is 0.144 e. The summed E-state index contributed by atoms with van der Waals surface area (Å²) in [5.74, 6) is -0.552. The van der Waals surface area contributed by atoms with Crippen molar-refractivity contribution < 1.29 is 13.5 Å². The molecule has 1 aliphatic heterocycles. The third-order valence-electron chi connectivity index (χ3n) is 4.15. The second kappa shape index (κ2) is 5.35. The Morgan fingerprint density at radius 1 is 1.25 bits per heavy atom. The highest BCUT2D eigenvalue weighted by molar-refractivity contribution is 5.74. The minimum Gasteiger partial charge on any atom is -0.359 e. The highest BCUT2D eigenvalue weighted by Gasteiger charge is 2.51. The standard InChI is InChI=1S/C18H13F2N3O/c1-12(13-2-5-17(22-9-13)23-7-6-21-11-23)18(10-24-18)15-4-3-14(19)8-16(15)20/h2-9,11H,1,10H2. The fourth-order valence-electron chi connectivity index (χ4n) is 2.73. The molecular formula is C18H13F2N3O. The van der Waals surface area contributed by atoms with Gasteiger partial charge in [0.1, 0.15) is 29.4 Å². The molecule has 1 fully saturated rings. The van der Waals surface area contributed by atoms with Crippen LogP contribution in [0.25, 0.3) is 11.4 Å². The van der Waals surface area contributed by atoms with Gasteiger partial charge in [-0.25, -0.2) is 18.7 Å². The van der Waals surface area contributed by atoms with Crippen molar-refractivity contribution in [3.05, 3.63) is 84.6 Å². The van der Waals surface area contributed by atoms with E-state index in [9.17, 15) is 8.78 Å². The van der Waals surface area contributed by atoms with Crippen molar-refractivity contribution in [3.63, 3.8) is 0 Å². The summed E-state index contributed by atoms with van der Waals surface area (Å²) in [6.07, 6.45) is 6.76. The number of hydrogen-bond donors (Lipinski definition) is 0. The fourth-order valence-corrected chi connectivity index (χ4v) is 2.73. The van der Waals surface area contributed by atoms with Crippen LogP contribution in [0.1, 0.15) is 11.1 Å². The van der Waals surface area contributed by atoms with Crippen LogP contribution < -0.4 is 0 Å². The van der Waals surface area contributed by atoms with Crippen LogP contribution in [0, 0.1) is 11.6 Å². The van der Waals surface area contributed by atoms with E-state index in [2.05, 4.69) is 16.5 Å². The van der Waals surface area contributed by atoms with Crippen molar-refractivity contribution >= 4 is 5.57 Å². The Hall–Kier alpha value is -2.86. The number of epoxide rings is 1. The van der Waals surface area contributed by atoms with Crippen LogP contribution >= 0.6 is 0 Å². The van der Waals surface area contributed by atoms with Gasteiger partial charge in [-0.2, -0.15) is 0 Å². The van der Waals surface area contributed by atoms with Gasteiger partial charge < -0.3 is 4.74 Å². The van der Waals surface area contributed by atoms with E-state index in [4.69, 9.17) is 4.74 Å². The van der Waals surface area contributed by atoms with E-state index in [1.807, 2.05) is 12.1 Å². The van der Waals surface area contributed by atoms with Crippen molar-refractivity contribution in [2.24, 2.45) is 0 Å². The lowest BCUT2D eigenvalue weighted by atomic mass is 9.88. The zero-order valence-corrected chi connectivity index (χ0v) is 12.6. The molecule has 1 unspecified atom stereocenters. The van der Waals surface area contributed by atoms with E-state index in [1.165, 1.54) is 12.1 Å². The molecule has 0 bridgehead atoms. The number of ether oxygens (including phenoxy) is 1. The minimum atomic E-state index is -0.948. The molecule has 1 atom stereocenters. The van der Waals surface area contributed by atoms with Gasteiger partial charge in [-0.1, -0.05) is 6.58 Å². The Balaban J connectivity index is 1.66. The van der Waals surface area contributed by atoms with E-state index in [-0.39, 0.29) is 5.56 Å². The number of nitrogens with zero attached hydrogens (tertiary/aromatic N) is 3. The first kappa shape index (κ1) is 14.7. The van der Waals surface area contributed by atoms with Crippen LogP contribution in [-0.4, -0.2) is 21.1 Å². The Morgan fingerprint density at radius 2 is 2.08 bits per heavy atom. The third-order valence-corrected chi connectivity index (χ3v) is 4.15. The molecule has 1 aromatic carbocycles. The second-order valence-electron chi connectivity index (χ2n) is 5.59. The third kappa shape index (κ3) is 2.32. The first-order valence-corrected chi connectivity index (χ1v) is 7.34. The summed E-state index contributed by atoms with van der Waals surface area (Å²) in [7, 11) is 0. The lowest BCUT2D eigenvalue weighted by Crippen LogP contribution is -2.13. The molecule has 4 nitrogen and oxygen atoms in total. The SMILES string of the molecule is C=C(c1ccc(-n2ccnc2)nc1)C1(c2ccc(F)cc2F)CO1. The van der Waals surface area contributed by atoms with Gasteiger partial charge in [0.05, 0.1) is 6.61 Å². The van der Waals surface area contributed by atoms with E-state index >= 15 is 0 Å². The largest absolute Gasteiger partial charge is 0.359 e. The van der Waals surface area contributed by atoms with E-state index in [0.29, 0.717) is 18.0 Å². The maximum absolute atomic E-state index is 14.1. The van der Waals surface area contributed by atoms with Crippen LogP contribution in [0.15, 0.2) is 61.8 Å². The van der Waals surface area contributed by atoms with Crippen LogP contribution in [0.4, 0.5) is 8.78 Å². The molecule has 3 aromatic rings. The topological polar surface area (TPSA) is 43.2 Å². The predicted octanol–water partition coefficient (Wildman–Crippen LogP) is 3.48. The first-order valence-electron chi connectivity index (χ1n) is 7.34. The summed E-state index contributed by atoms with van der Waals surface area (Å²) in [5, 5.41) is 0. The van der Waals surface area contributed by atoms with Crippen molar-refractivity contribution in [1.82, 2.24) is 14.5 Å². The van der Waals surface area contributed by atoms with Gasteiger partial charge >= 0.3 is 0 Å². The number of benzene rings is 1. The molecule has 3 heterocycles. The lowest BCUT2D eigenvalue weighted by Gasteiger charge is -2.17. The molecule has 6 heteroatoms. The Bertz CT molecular complexity index is 901. The first-order chi connectivity index (χ1) is 11.6. The van der Waals surface area contributed by atoms with E-state index in [1.54, 1.807) is 29.5 Å². The maximum atomic E-state index is 14.1. The van der Waals surface area contributed by atoms with Crippen molar-refractivity contribution in [3.8, 4) is 5.82 Å². The average Bonchev–Trinajstić information content (AvgIpc) is 3.19. The lowest BCUT2D eigenvalue weighted by molar-refractivity contribution is 0.357. The summed E-state index contributed by atoms with van der Waals surface area (Å²) < 4.78 is 34.6. The molecule has 0 saturated carbocycles. The fraction of sp³-hybridized carbons (Fsp3) is 0.111. The number of rotatable bonds is 4. The average molecular weight is 325 g/mol. The van der Waals surface area contributed by atoms with Gasteiger partial charge in [-0.15, -0.1) is 0 Å². The molecule has 1 aliphatic rings. The number of hydrogen-bond acceptors (Lipinski definition) is 3. The van der Waals surface area contributed by atoms with Gasteiger partial charge in [-0.3, -0.25) is 4.57 Å². The number of aromatic nitrogens is 3. The quantitative estimate of drug-likeness (QED) is 0.690. The molecular weight excluding hydrogens is 312 g/mol. The van der Waals surface area contributed by atoms with Gasteiger partial charge in [0.2, 0.25) is 0 Å². The number of imidazole rings is 1. The van der Waals surface area contributed by atoms with Crippen molar-refractivity contribution in [1.29, 1.82) is 0 Å². The van der Waals surface area contributed by atoms with Crippen LogP contribution in [0.2, 0.25) is 0 Å². The molecule has 4 rings (SSSR count). The summed E-state index contributed by atoms with van der Waals surface area (Å²) in [5.41, 5.74) is 0.668. The normalized spacial score (nSPS) is 19.2. The van der Waals surface area contributed by atoms with Crippen LogP contribution in [0.5, 0.6) is 0 Å². The predicted molar refractivity (Wildman–Crippen MR) is 84.4 cm³/mol. The maximum Gasteiger partial charge on any atom is 0.144 e. The molecule has 0 N–H and O–H groups in total. The van der Waals surface area contributed by atoms with E-state index < -0.39 is 17.2 Å². The Morgan fingerprint density at radius 3 is 2.67 bits per heavy atom. The van der Waals surface area contributed by atoms with Gasteiger partial charge in [-0.05, 0) is 35.4 Å². The zero-order chi connectivity index (χ0) is 16.7. The van der Waals surface area contributed by atoms with Gasteiger partial charge in [0.15, 0.2) is 0 Å². The van der Waals surface area contributed by atoms with Gasteiger partial charge in [0, 0.05) is 30.2 Å². The summed E-state index contributed by atoms with van der Waals surface area (Å²) in [6, 6.07) is 7.13. The highest BCUT2D eigenvalue weighted by atomic mass is 19.1. The monoisotopic (exact) mass is 325 g/mol. The molecule has 0 spiro atoms. The Labute approximate surface area is 137 Å². The minimum absolute atomic E-state index is 0.285. The highest BCUT2D eigenvalue weighted by Crippen LogP contribution is 2.49. The van der Waals surface area contributed by atoms with Gasteiger partial charge in [0.25, 0.3) is 0 Å². The zero-order valence-electron chi connectivity index (χ0n) is 12.6. The molecule has 1 saturated heterocycles. The van der Waals surface area contributed by atoms with Crippen LogP contribution in [-0.2, 0) is 10.3 Å². The summed E-state index contributed by atoms with van der Waals surface area (Å²) in [4.78, 5) is 8.34. The molecule has 120 valence electrons. The van der Waals surface area contributed by atoms with Crippen LogP contribution in [0.3, 0.4) is 0 Å². The number of pyridine rings is 1.